The summed E-state index contributed by atoms with van der Waals surface area (Å²) in [5, 5.41) is 0.948. The van der Waals surface area contributed by atoms with Crippen LogP contribution in [-0.4, -0.2) is 25.8 Å². The molecule has 0 saturated heterocycles. The van der Waals surface area contributed by atoms with E-state index >= 15 is 0 Å². The van der Waals surface area contributed by atoms with Crippen LogP contribution in [-0.2, 0) is 26.8 Å². The third-order valence-electron chi connectivity index (χ3n) is 2.57. The summed E-state index contributed by atoms with van der Waals surface area (Å²) in [4.78, 5) is 14.3. The minimum Gasteiger partial charge on any atom is -0.740 e. The van der Waals surface area contributed by atoms with Gasteiger partial charge in [-0.05, 0) is 11.6 Å². The molecule has 7 heteroatoms. The van der Waals surface area contributed by atoms with Gasteiger partial charge in [-0.25, -0.2) is 9.00 Å². The summed E-state index contributed by atoms with van der Waals surface area (Å²) < 4.78 is 24.5. The fourth-order valence-corrected chi connectivity index (χ4v) is 2.01. The Labute approximate surface area is 106 Å². The Kier molecular flexibility index (Phi) is 3.75. The van der Waals surface area contributed by atoms with Crippen molar-refractivity contribution in [3.05, 3.63) is 36.0 Å². The monoisotopic (exact) mass is 267 g/mol. The second-order valence-electron chi connectivity index (χ2n) is 3.78. The summed E-state index contributed by atoms with van der Waals surface area (Å²) in [7, 11) is 0. The van der Waals surface area contributed by atoms with Crippen LogP contribution in [0.5, 0.6) is 0 Å². The van der Waals surface area contributed by atoms with E-state index in [4.69, 9.17) is 5.73 Å². The van der Waals surface area contributed by atoms with Crippen molar-refractivity contribution in [3.8, 4) is 0 Å². The summed E-state index contributed by atoms with van der Waals surface area (Å²) in [6.45, 7) is 0. The number of carbonyl (C=O) groups excluding carboxylic acids is 1. The SMILES string of the molecule is N[C@@H](Cc1c[nH]c2ccccc12)C(=O)OS(=O)[O-]. The lowest BCUT2D eigenvalue weighted by Crippen LogP contribution is -2.34. The van der Waals surface area contributed by atoms with Crippen molar-refractivity contribution in [2.24, 2.45) is 5.73 Å². The van der Waals surface area contributed by atoms with Gasteiger partial charge in [-0.3, -0.25) is 0 Å². The van der Waals surface area contributed by atoms with Gasteiger partial charge in [0.05, 0.1) is 0 Å². The number of carbonyl (C=O) groups is 1. The number of nitrogens with two attached hydrogens (primary N) is 1. The number of rotatable bonds is 4. The third kappa shape index (κ3) is 2.76. The fourth-order valence-electron chi connectivity index (χ4n) is 1.75. The number of hydrogen-bond donors (Lipinski definition) is 2. The minimum absolute atomic E-state index is 0.208. The van der Waals surface area contributed by atoms with Crippen LogP contribution in [0.25, 0.3) is 10.9 Å². The summed E-state index contributed by atoms with van der Waals surface area (Å²) in [6.07, 6.45) is 1.95. The number of H-pyrrole nitrogens is 1. The van der Waals surface area contributed by atoms with Gasteiger partial charge in [0.2, 0.25) is 0 Å². The highest BCUT2D eigenvalue weighted by atomic mass is 32.2. The molecule has 0 bridgehead atoms. The maximum atomic E-state index is 11.3. The van der Waals surface area contributed by atoms with Crippen molar-refractivity contribution in [1.29, 1.82) is 0 Å². The molecule has 18 heavy (non-hydrogen) atoms. The molecule has 1 heterocycles. The Hall–Kier alpha value is -1.70. The first kappa shape index (κ1) is 12.7. The summed E-state index contributed by atoms with van der Waals surface area (Å²) in [6, 6.07) is 6.54. The van der Waals surface area contributed by atoms with Crippen LogP contribution in [0.2, 0.25) is 0 Å². The number of fused-ring (bicyclic) bond motifs is 1. The lowest BCUT2D eigenvalue weighted by Gasteiger charge is -2.11. The molecule has 0 aliphatic heterocycles. The van der Waals surface area contributed by atoms with Gasteiger partial charge in [0.15, 0.2) is 0 Å². The van der Waals surface area contributed by atoms with Crippen molar-refractivity contribution < 1.29 is 17.7 Å². The van der Waals surface area contributed by atoms with Crippen molar-refractivity contribution in [3.63, 3.8) is 0 Å². The van der Waals surface area contributed by atoms with Gasteiger partial charge in [0.1, 0.15) is 17.4 Å². The zero-order valence-electron chi connectivity index (χ0n) is 9.29. The predicted octanol–water partition coefficient (Wildman–Crippen LogP) is 0.375. The Bertz CT molecular complexity index is 595. The maximum absolute atomic E-state index is 11.3. The van der Waals surface area contributed by atoms with Crippen LogP contribution in [0, 0.1) is 0 Å². The molecular weight excluding hydrogens is 256 g/mol. The van der Waals surface area contributed by atoms with Gasteiger partial charge in [-0.15, -0.1) is 0 Å². The molecule has 0 fully saturated rings. The van der Waals surface area contributed by atoms with Gasteiger partial charge in [0, 0.05) is 23.5 Å². The highest BCUT2D eigenvalue weighted by molar-refractivity contribution is 7.74. The number of hydrogen-bond acceptors (Lipinski definition) is 5. The predicted molar refractivity (Wildman–Crippen MR) is 65.0 cm³/mol. The Balaban J connectivity index is 2.14. The van der Waals surface area contributed by atoms with E-state index < -0.39 is 23.4 Å². The molecule has 0 radical (unpaired) electrons. The summed E-state index contributed by atoms with van der Waals surface area (Å²) in [5.74, 6) is -0.964. The molecule has 2 rings (SSSR count). The first-order chi connectivity index (χ1) is 8.58. The average molecular weight is 267 g/mol. The van der Waals surface area contributed by atoms with Crippen molar-refractivity contribution in [2.75, 3.05) is 0 Å². The van der Waals surface area contributed by atoms with E-state index in [1.54, 1.807) is 6.20 Å². The largest absolute Gasteiger partial charge is 0.740 e. The molecule has 0 amide bonds. The molecule has 0 aliphatic carbocycles. The van der Waals surface area contributed by atoms with E-state index in [1.165, 1.54) is 0 Å². The molecule has 2 atom stereocenters. The van der Waals surface area contributed by atoms with Gasteiger partial charge < -0.3 is 19.5 Å². The Morgan fingerprint density at radius 1 is 1.50 bits per heavy atom. The maximum Gasteiger partial charge on any atom is 0.336 e. The van der Waals surface area contributed by atoms with Crippen LogP contribution in [0.4, 0.5) is 0 Å². The van der Waals surface area contributed by atoms with Crippen LogP contribution >= 0.6 is 0 Å². The molecular formula is C11H11N2O4S-. The molecule has 2 aromatic rings. The van der Waals surface area contributed by atoms with E-state index in [1.807, 2.05) is 24.3 Å². The van der Waals surface area contributed by atoms with E-state index in [0.29, 0.717) is 0 Å². The fraction of sp³-hybridized carbons (Fsp3) is 0.182. The highest BCUT2D eigenvalue weighted by Gasteiger charge is 2.18. The van der Waals surface area contributed by atoms with E-state index in [2.05, 4.69) is 9.17 Å². The van der Waals surface area contributed by atoms with Crippen LogP contribution in [0.3, 0.4) is 0 Å². The van der Waals surface area contributed by atoms with Crippen LogP contribution in [0.15, 0.2) is 30.5 Å². The standard InChI is InChI=1S/C11H12N2O4S/c12-9(11(14)17-18(15)16)5-7-6-13-10-4-2-1-3-8(7)10/h1-4,6,9,13H,5,12H2,(H,15,16)/p-1/t9-/m0/s1. The number of aromatic nitrogens is 1. The van der Waals surface area contributed by atoms with E-state index in [0.717, 1.165) is 16.5 Å². The first-order valence-corrected chi connectivity index (χ1v) is 6.20. The molecule has 0 aliphatic rings. The molecule has 96 valence electrons. The number of aromatic amines is 1. The lowest BCUT2D eigenvalue weighted by molar-refractivity contribution is -0.135. The van der Waals surface area contributed by atoms with Gasteiger partial charge in [-0.1, -0.05) is 18.2 Å². The van der Waals surface area contributed by atoms with Gasteiger partial charge in [0.25, 0.3) is 0 Å². The van der Waals surface area contributed by atoms with Gasteiger partial charge >= 0.3 is 5.97 Å². The molecule has 0 saturated carbocycles. The molecule has 6 nitrogen and oxygen atoms in total. The van der Waals surface area contributed by atoms with E-state index in [9.17, 15) is 13.6 Å². The molecule has 3 N–H and O–H groups in total. The van der Waals surface area contributed by atoms with Crippen molar-refractivity contribution in [1.82, 2.24) is 4.98 Å². The summed E-state index contributed by atoms with van der Waals surface area (Å²) in [5.41, 5.74) is 7.36. The van der Waals surface area contributed by atoms with Crippen LogP contribution in [0.1, 0.15) is 5.56 Å². The van der Waals surface area contributed by atoms with Crippen LogP contribution < -0.4 is 5.73 Å². The summed E-state index contributed by atoms with van der Waals surface area (Å²) >= 11 is -2.88. The smallest absolute Gasteiger partial charge is 0.336 e. The number of nitrogens with one attached hydrogen (secondary N) is 1. The highest BCUT2D eigenvalue weighted by Crippen LogP contribution is 2.18. The normalized spacial score (nSPS) is 14.3. The van der Waals surface area contributed by atoms with Crippen molar-refractivity contribution in [2.45, 2.75) is 12.5 Å². The number of para-hydroxylation sites is 1. The first-order valence-electron chi connectivity index (χ1n) is 5.20. The minimum atomic E-state index is -2.88. The lowest BCUT2D eigenvalue weighted by atomic mass is 10.1. The Morgan fingerprint density at radius 3 is 2.94 bits per heavy atom. The average Bonchev–Trinajstić information content (AvgIpc) is 2.72. The number of benzene rings is 1. The quantitative estimate of drug-likeness (QED) is 0.778. The Morgan fingerprint density at radius 2 is 2.22 bits per heavy atom. The zero-order valence-corrected chi connectivity index (χ0v) is 10.1. The molecule has 0 spiro atoms. The second kappa shape index (κ2) is 5.30. The molecule has 1 aromatic heterocycles. The van der Waals surface area contributed by atoms with Gasteiger partial charge in [-0.2, -0.15) is 0 Å². The van der Waals surface area contributed by atoms with Crippen molar-refractivity contribution >= 4 is 28.2 Å². The molecule has 1 unspecified atom stereocenters. The van der Waals surface area contributed by atoms with E-state index in [-0.39, 0.29) is 6.42 Å². The third-order valence-corrected chi connectivity index (χ3v) is 2.87. The zero-order chi connectivity index (χ0) is 13.1. The topological polar surface area (TPSA) is 108 Å². The molecule has 1 aromatic carbocycles. The second-order valence-corrected chi connectivity index (χ2v) is 4.35.